The van der Waals surface area contributed by atoms with Crippen LogP contribution in [-0.2, 0) is 0 Å². The fourth-order valence-corrected chi connectivity index (χ4v) is 9.31. The zero-order valence-corrected chi connectivity index (χ0v) is 30.9. The van der Waals surface area contributed by atoms with E-state index in [1.165, 1.54) is 65.6 Å². The van der Waals surface area contributed by atoms with E-state index in [4.69, 9.17) is 9.97 Å². The Hall–Kier alpha value is -7.62. The molecule has 9 aromatic carbocycles. The Morgan fingerprint density at radius 1 is 0.316 bits per heavy atom. The molecule has 0 spiro atoms. The van der Waals surface area contributed by atoms with Gasteiger partial charge in [0.15, 0.2) is 0 Å². The van der Waals surface area contributed by atoms with Crippen molar-refractivity contribution < 1.29 is 0 Å². The van der Waals surface area contributed by atoms with E-state index in [0.29, 0.717) is 0 Å². The molecule has 3 aromatic heterocycles. The Balaban J connectivity index is 1.11. The van der Waals surface area contributed by atoms with Crippen LogP contribution in [0.1, 0.15) is 0 Å². The highest BCUT2D eigenvalue weighted by Gasteiger charge is 2.20. The van der Waals surface area contributed by atoms with Crippen molar-refractivity contribution in [1.29, 1.82) is 0 Å². The second-order valence-electron chi connectivity index (χ2n) is 14.9. The third-order valence-corrected chi connectivity index (χ3v) is 11.7. The number of fused-ring (bicyclic) bond motifs is 9. The molecule has 0 amide bonds. The van der Waals surface area contributed by atoms with Gasteiger partial charge >= 0.3 is 0 Å². The fraction of sp³-hybridized carbons (Fsp3) is 0. The summed E-state index contributed by atoms with van der Waals surface area (Å²) in [5, 5.41) is 10.6. The summed E-state index contributed by atoms with van der Waals surface area (Å²) in [5.41, 5.74) is 13.2. The van der Waals surface area contributed by atoms with E-state index in [9.17, 15) is 0 Å². The monoisotopic (exact) mass is 723 g/mol. The normalized spacial score (nSPS) is 11.9. The standard InChI is InChI=1S/C54H33N3/c1-2-15-34(16-3-1)50-44-25-8-11-26-46(44)55-54-45(50)31-29-35-30-32-47(56-53(35)54)52-42-23-6-4-21-40(42)51(41-22-5-7-24-43(41)52)36-17-14-18-37(33-36)57-48-27-12-9-19-38(48)39-20-10-13-28-49(39)57/h1-33H. The molecular formula is C54H33N3. The van der Waals surface area contributed by atoms with E-state index >= 15 is 0 Å². The lowest BCUT2D eigenvalue weighted by molar-refractivity contribution is 1.18. The maximum absolute atomic E-state index is 5.56. The maximum Gasteiger partial charge on any atom is 0.0978 e. The van der Waals surface area contributed by atoms with Crippen LogP contribution in [0.25, 0.3) is 115 Å². The lowest BCUT2D eigenvalue weighted by atomic mass is 9.87. The SMILES string of the molecule is c1ccc(-c2c3ccccc3nc3c2ccc2ccc(-c4c5ccccc5c(-c5cccc(-n6c7ccccc7c7ccccc76)c5)c5ccccc45)nc23)cc1. The van der Waals surface area contributed by atoms with Gasteiger partial charge in [-0.3, -0.25) is 0 Å². The first-order chi connectivity index (χ1) is 28.3. The average molecular weight is 724 g/mol. The topological polar surface area (TPSA) is 30.7 Å². The van der Waals surface area contributed by atoms with E-state index in [1.807, 2.05) is 0 Å². The first-order valence-electron chi connectivity index (χ1n) is 19.5. The molecule has 0 bridgehead atoms. The molecule has 0 atom stereocenters. The quantitative estimate of drug-likeness (QED) is 0.134. The van der Waals surface area contributed by atoms with Gasteiger partial charge in [-0.05, 0) is 74.6 Å². The van der Waals surface area contributed by atoms with Crippen molar-refractivity contribution in [1.82, 2.24) is 14.5 Å². The Kier molecular flexibility index (Phi) is 6.93. The summed E-state index contributed by atoms with van der Waals surface area (Å²) < 4.78 is 2.40. The van der Waals surface area contributed by atoms with Gasteiger partial charge in [0.25, 0.3) is 0 Å². The van der Waals surface area contributed by atoms with Crippen LogP contribution in [0.3, 0.4) is 0 Å². The van der Waals surface area contributed by atoms with Crippen LogP contribution in [0.5, 0.6) is 0 Å². The van der Waals surface area contributed by atoms with Crippen molar-refractivity contribution >= 4 is 76.1 Å². The lowest BCUT2D eigenvalue weighted by Crippen LogP contribution is -1.96. The molecule has 264 valence electrons. The van der Waals surface area contributed by atoms with Crippen LogP contribution in [0.2, 0.25) is 0 Å². The number of pyridine rings is 2. The van der Waals surface area contributed by atoms with Gasteiger partial charge in [0, 0.05) is 43.7 Å². The molecule has 3 heteroatoms. The van der Waals surface area contributed by atoms with Crippen molar-refractivity contribution in [2.24, 2.45) is 0 Å². The van der Waals surface area contributed by atoms with Gasteiger partial charge in [-0.25, -0.2) is 9.97 Å². The Morgan fingerprint density at radius 3 is 1.53 bits per heavy atom. The second kappa shape index (κ2) is 12.5. The van der Waals surface area contributed by atoms with Crippen LogP contribution in [-0.4, -0.2) is 14.5 Å². The highest BCUT2D eigenvalue weighted by Crippen LogP contribution is 2.45. The molecule has 0 saturated carbocycles. The number of para-hydroxylation sites is 3. The van der Waals surface area contributed by atoms with Crippen LogP contribution < -0.4 is 0 Å². The van der Waals surface area contributed by atoms with Gasteiger partial charge in [-0.1, -0.05) is 164 Å². The van der Waals surface area contributed by atoms with Gasteiger partial charge in [-0.2, -0.15) is 0 Å². The second-order valence-corrected chi connectivity index (χ2v) is 14.9. The molecule has 12 rings (SSSR count). The van der Waals surface area contributed by atoms with Gasteiger partial charge in [0.2, 0.25) is 0 Å². The molecule has 0 aliphatic carbocycles. The summed E-state index contributed by atoms with van der Waals surface area (Å²) in [6.07, 6.45) is 0. The predicted octanol–water partition coefficient (Wildman–Crippen LogP) is 14.3. The van der Waals surface area contributed by atoms with Gasteiger partial charge in [0.1, 0.15) is 0 Å². The summed E-state index contributed by atoms with van der Waals surface area (Å²) in [6.45, 7) is 0. The summed E-state index contributed by atoms with van der Waals surface area (Å²) in [7, 11) is 0. The summed E-state index contributed by atoms with van der Waals surface area (Å²) in [5.74, 6) is 0. The lowest BCUT2D eigenvalue weighted by Gasteiger charge is -2.18. The molecule has 3 nitrogen and oxygen atoms in total. The summed E-state index contributed by atoms with van der Waals surface area (Å²) >= 11 is 0. The molecule has 0 unspecified atom stereocenters. The van der Waals surface area contributed by atoms with E-state index in [0.717, 1.165) is 49.7 Å². The van der Waals surface area contributed by atoms with E-state index < -0.39 is 0 Å². The number of rotatable bonds is 4. The molecule has 0 fully saturated rings. The minimum Gasteiger partial charge on any atom is -0.309 e. The van der Waals surface area contributed by atoms with E-state index in [1.54, 1.807) is 0 Å². The van der Waals surface area contributed by atoms with Gasteiger partial charge < -0.3 is 4.57 Å². The molecule has 0 N–H and O–H groups in total. The molecule has 57 heavy (non-hydrogen) atoms. The molecular weight excluding hydrogens is 691 g/mol. The van der Waals surface area contributed by atoms with Crippen LogP contribution >= 0.6 is 0 Å². The van der Waals surface area contributed by atoms with Crippen molar-refractivity contribution in [2.75, 3.05) is 0 Å². The predicted molar refractivity (Wildman–Crippen MR) is 240 cm³/mol. The van der Waals surface area contributed by atoms with Gasteiger partial charge in [0.05, 0.1) is 33.3 Å². The number of hydrogen-bond acceptors (Lipinski definition) is 2. The number of nitrogens with zero attached hydrogens (tertiary/aromatic N) is 3. The Bertz CT molecular complexity index is 3470. The Labute approximate surface area is 328 Å². The maximum atomic E-state index is 5.56. The van der Waals surface area contributed by atoms with E-state index in [-0.39, 0.29) is 0 Å². The third-order valence-electron chi connectivity index (χ3n) is 11.7. The Morgan fingerprint density at radius 2 is 0.842 bits per heavy atom. The molecule has 0 aliphatic rings. The van der Waals surface area contributed by atoms with E-state index in [2.05, 4.69) is 205 Å². The van der Waals surface area contributed by atoms with Gasteiger partial charge in [-0.15, -0.1) is 0 Å². The number of hydrogen-bond donors (Lipinski definition) is 0. The van der Waals surface area contributed by atoms with Crippen LogP contribution in [0.15, 0.2) is 200 Å². The largest absolute Gasteiger partial charge is 0.309 e. The minimum absolute atomic E-state index is 0.907. The molecule has 3 heterocycles. The first kappa shape index (κ1) is 31.7. The zero-order valence-electron chi connectivity index (χ0n) is 30.9. The molecule has 0 radical (unpaired) electrons. The molecule has 0 aliphatic heterocycles. The van der Waals surface area contributed by atoms with Crippen molar-refractivity contribution in [3.63, 3.8) is 0 Å². The first-order valence-corrected chi connectivity index (χ1v) is 19.5. The highest BCUT2D eigenvalue weighted by atomic mass is 15.0. The van der Waals surface area contributed by atoms with Crippen molar-refractivity contribution in [2.45, 2.75) is 0 Å². The van der Waals surface area contributed by atoms with Crippen LogP contribution in [0.4, 0.5) is 0 Å². The highest BCUT2D eigenvalue weighted by molar-refractivity contribution is 6.22. The summed E-state index contributed by atoms with van der Waals surface area (Å²) in [4.78, 5) is 10.9. The van der Waals surface area contributed by atoms with Crippen molar-refractivity contribution in [3.8, 4) is 39.2 Å². The van der Waals surface area contributed by atoms with Crippen LogP contribution in [0, 0.1) is 0 Å². The van der Waals surface area contributed by atoms with Crippen molar-refractivity contribution in [3.05, 3.63) is 200 Å². The fourth-order valence-electron chi connectivity index (χ4n) is 9.31. The zero-order chi connectivity index (χ0) is 37.5. The number of aromatic nitrogens is 3. The molecule has 12 aromatic rings. The number of benzene rings is 9. The molecule has 0 saturated heterocycles. The third kappa shape index (κ3) is 4.79. The minimum atomic E-state index is 0.907. The summed E-state index contributed by atoms with van der Waals surface area (Å²) in [6, 6.07) is 72.0. The smallest absolute Gasteiger partial charge is 0.0978 e. The average Bonchev–Trinajstić information content (AvgIpc) is 3.62.